The largest absolute Gasteiger partial charge is 0.393 e. The van der Waals surface area contributed by atoms with Gasteiger partial charge in [-0.2, -0.15) is 4.98 Å². The number of nitrogens with one attached hydrogen (secondary N) is 2. The van der Waals surface area contributed by atoms with Crippen LogP contribution in [-0.2, 0) is 6.42 Å². The molecule has 0 saturated heterocycles. The van der Waals surface area contributed by atoms with E-state index < -0.39 is 6.04 Å². The van der Waals surface area contributed by atoms with Crippen molar-refractivity contribution in [1.82, 2.24) is 20.8 Å². The van der Waals surface area contributed by atoms with E-state index in [-0.39, 0.29) is 12.1 Å². The Morgan fingerprint density at radius 2 is 2.08 bits per heavy atom. The molecule has 2 aromatic rings. The molecule has 0 aliphatic heterocycles. The van der Waals surface area contributed by atoms with Gasteiger partial charge in [0, 0.05) is 13.0 Å². The van der Waals surface area contributed by atoms with E-state index in [2.05, 4.69) is 20.8 Å². The van der Waals surface area contributed by atoms with Gasteiger partial charge in [-0.3, -0.25) is 0 Å². The summed E-state index contributed by atoms with van der Waals surface area (Å²) >= 11 is 0. The van der Waals surface area contributed by atoms with E-state index in [1.807, 2.05) is 37.3 Å². The Balaban J connectivity index is 1.80. The summed E-state index contributed by atoms with van der Waals surface area (Å²) in [7, 11) is 0. The van der Waals surface area contributed by atoms with Crippen molar-refractivity contribution < 1.29 is 14.4 Å². The minimum absolute atomic E-state index is 0.325. The van der Waals surface area contributed by atoms with Crippen LogP contribution < -0.4 is 10.6 Å². The van der Waals surface area contributed by atoms with Gasteiger partial charge < -0.3 is 20.3 Å². The molecule has 0 spiro atoms. The first kappa shape index (κ1) is 17.9. The van der Waals surface area contributed by atoms with Crippen molar-refractivity contribution in [3.63, 3.8) is 0 Å². The third-order valence-corrected chi connectivity index (χ3v) is 3.64. The van der Waals surface area contributed by atoms with Crippen LogP contribution in [0.15, 0.2) is 34.9 Å². The van der Waals surface area contributed by atoms with Crippen molar-refractivity contribution in [2.45, 2.75) is 45.3 Å². The lowest BCUT2D eigenvalue weighted by molar-refractivity contribution is 0.160. The summed E-state index contributed by atoms with van der Waals surface area (Å²) < 4.78 is 5.22. The number of amides is 2. The van der Waals surface area contributed by atoms with Crippen LogP contribution in [0.1, 0.15) is 50.0 Å². The molecule has 1 heterocycles. The zero-order valence-electron chi connectivity index (χ0n) is 14.0. The topological polar surface area (TPSA) is 100 Å². The van der Waals surface area contributed by atoms with Gasteiger partial charge in [-0.25, -0.2) is 4.79 Å². The third-order valence-electron chi connectivity index (χ3n) is 3.64. The number of carbonyl (C=O) groups is 1. The van der Waals surface area contributed by atoms with Gasteiger partial charge in [0.15, 0.2) is 5.82 Å². The van der Waals surface area contributed by atoms with Crippen LogP contribution in [0.25, 0.3) is 0 Å². The van der Waals surface area contributed by atoms with Crippen LogP contribution in [0.3, 0.4) is 0 Å². The van der Waals surface area contributed by atoms with Crippen LogP contribution >= 0.6 is 0 Å². The highest BCUT2D eigenvalue weighted by molar-refractivity contribution is 5.74. The van der Waals surface area contributed by atoms with Gasteiger partial charge >= 0.3 is 6.03 Å². The number of urea groups is 1. The molecule has 7 heteroatoms. The molecule has 0 aliphatic carbocycles. The molecule has 3 N–H and O–H groups in total. The van der Waals surface area contributed by atoms with E-state index in [4.69, 9.17) is 4.52 Å². The SMILES string of the molecule is CCC(O)CCNC(=O)NC(C)c1nc(Cc2ccccc2)no1. The lowest BCUT2D eigenvalue weighted by atomic mass is 10.1. The van der Waals surface area contributed by atoms with Crippen LogP contribution in [0.5, 0.6) is 0 Å². The molecule has 7 nitrogen and oxygen atoms in total. The van der Waals surface area contributed by atoms with E-state index in [1.54, 1.807) is 6.92 Å². The number of rotatable bonds is 8. The number of benzene rings is 1. The fourth-order valence-electron chi connectivity index (χ4n) is 2.16. The number of nitrogens with zero attached hydrogens (tertiary/aromatic N) is 2. The number of hydrogen-bond donors (Lipinski definition) is 3. The highest BCUT2D eigenvalue weighted by Gasteiger charge is 2.16. The Bertz CT molecular complexity index is 630. The van der Waals surface area contributed by atoms with E-state index in [1.165, 1.54) is 0 Å². The Morgan fingerprint density at radius 1 is 1.33 bits per heavy atom. The zero-order valence-corrected chi connectivity index (χ0v) is 14.0. The van der Waals surface area contributed by atoms with Crippen molar-refractivity contribution >= 4 is 6.03 Å². The maximum absolute atomic E-state index is 11.8. The van der Waals surface area contributed by atoms with Crippen LogP contribution in [-0.4, -0.2) is 33.9 Å². The Morgan fingerprint density at radius 3 is 2.79 bits per heavy atom. The number of carbonyl (C=O) groups excluding carboxylic acids is 1. The van der Waals surface area contributed by atoms with Crippen molar-refractivity contribution in [1.29, 1.82) is 0 Å². The lowest BCUT2D eigenvalue weighted by Gasteiger charge is -2.12. The maximum atomic E-state index is 11.8. The second kappa shape index (κ2) is 9.02. The normalized spacial score (nSPS) is 13.3. The van der Waals surface area contributed by atoms with Crippen LogP contribution in [0.4, 0.5) is 4.79 Å². The fraction of sp³-hybridized carbons (Fsp3) is 0.471. The molecule has 2 atom stereocenters. The van der Waals surface area contributed by atoms with Crippen molar-refractivity contribution in [2.75, 3.05) is 6.54 Å². The van der Waals surface area contributed by atoms with Gasteiger partial charge in [-0.15, -0.1) is 0 Å². The molecule has 0 saturated carbocycles. The Kier molecular flexibility index (Phi) is 6.74. The molecule has 0 radical (unpaired) electrons. The average Bonchev–Trinajstić information content (AvgIpc) is 3.04. The second-order valence-corrected chi connectivity index (χ2v) is 5.68. The summed E-state index contributed by atoms with van der Waals surface area (Å²) in [5.74, 6) is 0.945. The lowest BCUT2D eigenvalue weighted by Crippen LogP contribution is -2.38. The summed E-state index contributed by atoms with van der Waals surface area (Å²) in [5, 5.41) is 18.8. The van der Waals surface area contributed by atoms with Gasteiger partial charge in [0.05, 0.1) is 6.10 Å². The zero-order chi connectivity index (χ0) is 17.4. The first-order valence-electron chi connectivity index (χ1n) is 8.17. The maximum Gasteiger partial charge on any atom is 0.315 e. The minimum atomic E-state index is -0.391. The summed E-state index contributed by atoms with van der Waals surface area (Å²) in [4.78, 5) is 16.1. The predicted octanol–water partition coefficient (Wildman–Crippen LogP) is 2.18. The fourth-order valence-corrected chi connectivity index (χ4v) is 2.16. The molecule has 0 bridgehead atoms. The predicted molar refractivity (Wildman–Crippen MR) is 89.4 cm³/mol. The highest BCUT2D eigenvalue weighted by Crippen LogP contribution is 2.12. The molecule has 2 amide bonds. The first-order valence-corrected chi connectivity index (χ1v) is 8.17. The summed E-state index contributed by atoms with van der Waals surface area (Å²) in [5.41, 5.74) is 1.10. The van der Waals surface area contributed by atoms with Gasteiger partial charge in [0.2, 0.25) is 5.89 Å². The molecule has 24 heavy (non-hydrogen) atoms. The minimum Gasteiger partial charge on any atom is -0.393 e. The molecular formula is C17H24N4O3. The Hall–Kier alpha value is -2.41. The molecule has 1 aromatic carbocycles. The van der Waals surface area contributed by atoms with E-state index >= 15 is 0 Å². The number of aliphatic hydroxyl groups excluding tert-OH is 1. The van der Waals surface area contributed by atoms with Gasteiger partial charge in [0.1, 0.15) is 6.04 Å². The average molecular weight is 332 g/mol. The van der Waals surface area contributed by atoms with Gasteiger partial charge in [0.25, 0.3) is 0 Å². The summed E-state index contributed by atoms with van der Waals surface area (Å²) in [6.45, 7) is 4.09. The van der Waals surface area contributed by atoms with E-state index in [0.29, 0.717) is 37.5 Å². The van der Waals surface area contributed by atoms with Crippen molar-refractivity contribution in [3.8, 4) is 0 Å². The molecule has 0 fully saturated rings. The van der Waals surface area contributed by atoms with Gasteiger partial charge in [-0.05, 0) is 25.3 Å². The number of aromatic nitrogens is 2. The quantitative estimate of drug-likeness (QED) is 0.688. The summed E-state index contributed by atoms with van der Waals surface area (Å²) in [6, 6.07) is 9.15. The molecule has 130 valence electrons. The molecule has 0 aliphatic rings. The summed E-state index contributed by atoms with van der Waals surface area (Å²) in [6.07, 6.45) is 1.39. The Labute approximate surface area is 141 Å². The molecule has 2 rings (SSSR count). The molecular weight excluding hydrogens is 308 g/mol. The van der Waals surface area contributed by atoms with E-state index in [0.717, 1.165) is 5.56 Å². The standard InChI is InChI=1S/C17H24N4O3/c1-3-14(22)9-10-18-17(23)19-12(2)16-20-15(21-24-16)11-13-7-5-4-6-8-13/h4-8,12,14,22H,3,9-11H2,1-2H3,(H2,18,19,23). The van der Waals surface area contributed by atoms with Crippen molar-refractivity contribution in [3.05, 3.63) is 47.6 Å². The van der Waals surface area contributed by atoms with Crippen LogP contribution in [0.2, 0.25) is 0 Å². The smallest absolute Gasteiger partial charge is 0.315 e. The molecule has 2 unspecified atom stereocenters. The number of aliphatic hydroxyl groups is 1. The monoisotopic (exact) mass is 332 g/mol. The third kappa shape index (κ3) is 5.66. The molecule has 1 aromatic heterocycles. The highest BCUT2D eigenvalue weighted by atomic mass is 16.5. The van der Waals surface area contributed by atoms with E-state index in [9.17, 15) is 9.90 Å². The number of hydrogen-bond acceptors (Lipinski definition) is 5. The first-order chi connectivity index (χ1) is 11.6. The van der Waals surface area contributed by atoms with Gasteiger partial charge in [-0.1, -0.05) is 42.4 Å². The van der Waals surface area contributed by atoms with Crippen molar-refractivity contribution in [2.24, 2.45) is 0 Å². The van der Waals surface area contributed by atoms with Crippen LogP contribution in [0, 0.1) is 0 Å². The second-order valence-electron chi connectivity index (χ2n) is 5.68.